The second-order valence-corrected chi connectivity index (χ2v) is 9.55. The number of nitrogens with zero attached hydrogens (tertiary/aromatic N) is 1. The minimum absolute atomic E-state index is 0.0616. The van der Waals surface area contributed by atoms with E-state index in [9.17, 15) is 23.1 Å². The number of halogens is 1. The number of anilines is 1. The van der Waals surface area contributed by atoms with Gasteiger partial charge in [0.25, 0.3) is 5.91 Å². The fraction of sp³-hybridized carbons (Fsp3) is 0.0833. The molecular formula is C24H18ClNO6S. The summed E-state index contributed by atoms with van der Waals surface area (Å²) >= 11 is 5.98. The average molecular weight is 484 g/mol. The normalized spacial score (nSPS) is 16.2. The maximum atomic E-state index is 13.5. The van der Waals surface area contributed by atoms with Crippen LogP contribution < -0.4 is 4.90 Å². The summed E-state index contributed by atoms with van der Waals surface area (Å²) in [6, 6.07) is 18.6. The second kappa shape index (κ2) is 8.73. The van der Waals surface area contributed by atoms with Crippen LogP contribution in [0, 0.1) is 0 Å². The zero-order chi connectivity index (χ0) is 23.8. The standard InChI is InChI=1S/C24H18ClNO6S/c1-32-24(29)16-9-7-15(8-10-16)20-22(33(30,31)19-5-3-2-4-6-19)21(27)23(28)26(20)18-13-11-17(25)12-14-18/h2-14,20,27H,1H3/t20-/m1/s1. The lowest BCUT2D eigenvalue weighted by Gasteiger charge is -2.27. The van der Waals surface area contributed by atoms with Crippen LogP contribution in [0.1, 0.15) is 22.0 Å². The number of rotatable bonds is 5. The predicted octanol–water partition coefficient (Wildman–Crippen LogP) is 4.46. The second-order valence-electron chi connectivity index (χ2n) is 7.20. The predicted molar refractivity (Wildman–Crippen MR) is 123 cm³/mol. The Bertz CT molecular complexity index is 1350. The highest BCUT2D eigenvalue weighted by molar-refractivity contribution is 7.95. The van der Waals surface area contributed by atoms with Gasteiger partial charge in [-0.3, -0.25) is 9.69 Å². The molecule has 168 valence electrons. The van der Waals surface area contributed by atoms with E-state index in [0.717, 1.165) is 0 Å². The lowest BCUT2D eigenvalue weighted by molar-refractivity contribution is -0.117. The Morgan fingerprint density at radius 3 is 2.15 bits per heavy atom. The van der Waals surface area contributed by atoms with E-state index >= 15 is 0 Å². The number of aliphatic hydroxyl groups is 1. The van der Waals surface area contributed by atoms with Crippen molar-refractivity contribution in [2.24, 2.45) is 0 Å². The lowest BCUT2D eigenvalue weighted by Crippen LogP contribution is -2.31. The number of carbonyl (C=O) groups is 2. The molecule has 0 saturated heterocycles. The van der Waals surface area contributed by atoms with Crippen LogP contribution in [0.5, 0.6) is 0 Å². The van der Waals surface area contributed by atoms with Gasteiger partial charge in [-0.05, 0) is 54.1 Å². The van der Waals surface area contributed by atoms with Gasteiger partial charge in [0.1, 0.15) is 10.9 Å². The number of methoxy groups -OCH3 is 1. The summed E-state index contributed by atoms with van der Waals surface area (Å²) in [6.45, 7) is 0. The Hall–Kier alpha value is -3.62. The summed E-state index contributed by atoms with van der Waals surface area (Å²) in [4.78, 5) is 25.6. The molecule has 0 unspecified atom stereocenters. The number of benzene rings is 3. The van der Waals surface area contributed by atoms with E-state index < -0.39 is 38.4 Å². The molecule has 3 aromatic rings. The number of ether oxygens (including phenoxy) is 1. The molecule has 9 heteroatoms. The van der Waals surface area contributed by atoms with E-state index in [1.165, 1.54) is 48.4 Å². The van der Waals surface area contributed by atoms with Crippen LogP contribution in [0.15, 0.2) is 94.4 Å². The van der Waals surface area contributed by atoms with Crippen LogP contribution in [0.2, 0.25) is 5.02 Å². The van der Waals surface area contributed by atoms with Gasteiger partial charge in [0, 0.05) is 10.7 Å². The minimum atomic E-state index is -4.25. The van der Waals surface area contributed by atoms with Crippen molar-refractivity contribution in [2.75, 3.05) is 12.0 Å². The van der Waals surface area contributed by atoms with Gasteiger partial charge >= 0.3 is 5.97 Å². The number of sulfone groups is 1. The van der Waals surface area contributed by atoms with Crippen molar-refractivity contribution in [2.45, 2.75) is 10.9 Å². The Morgan fingerprint density at radius 2 is 1.58 bits per heavy atom. The van der Waals surface area contributed by atoms with Crippen molar-refractivity contribution < 1.29 is 27.9 Å². The van der Waals surface area contributed by atoms with Gasteiger partial charge in [-0.25, -0.2) is 13.2 Å². The van der Waals surface area contributed by atoms with E-state index in [0.29, 0.717) is 16.3 Å². The first-order valence-electron chi connectivity index (χ1n) is 9.76. The quantitative estimate of drug-likeness (QED) is 0.538. The van der Waals surface area contributed by atoms with Gasteiger partial charge in [0.15, 0.2) is 5.76 Å². The van der Waals surface area contributed by atoms with E-state index in [1.54, 1.807) is 42.5 Å². The summed E-state index contributed by atoms with van der Waals surface area (Å²) in [5.74, 6) is -2.29. The first kappa shape index (κ1) is 22.6. The fourth-order valence-corrected chi connectivity index (χ4v) is 5.44. The highest BCUT2D eigenvalue weighted by atomic mass is 35.5. The smallest absolute Gasteiger partial charge is 0.337 e. The van der Waals surface area contributed by atoms with E-state index in [-0.39, 0.29) is 10.5 Å². The highest BCUT2D eigenvalue weighted by Gasteiger charge is 2.47. The van der Waals surface area contributed by atoms with Crippen LogP contribution >= 0.6 is 11.6 Å². The third-order valence-electron chi connectivity index (χ3n) is 5.26. The Labute approximate surface area is 195 Å². The fourth-order valence-electron chi connectivity index (χ4n) is 3.67. The van der Waals surface area contributed by atoms with Crippen molar-refractivity contribution in [3.05, 3.63) is 106 Å². The Balaban J connectivity index is 1.91. The largest absolute Gasteiger partial charge is 0.502 e. The van der Waals surface area contributed by atoms with Crippen molar-refractivity contribution in [1.29, 1.82) is 0 Å². The van der Waals surface area contributed by atoms with Crippen LogP contribution in [-0.2, 0) is 19.4 Å². The molecule has 1 N–H and O–H groups in total. The van der Waals surface area contributed by atoms with Crippen molar-refractivity contribution in [3.63, 3.8) is 0 Å². The molecule has 0 fully saturated rings. The van der Waals surface area contributed by atoms with E-state index in [4.69, 9.17) is 16.3 Å². The number of hydrogen-bond acceptors (Lipinski definition) is 6. The SMILES string of the molecule is COC(=O)c1ccc([C@@H]2C(S(=O)(=O)c3ccccc3)=C(O)C(=O)N2c2ccc(Cl)cc2)cc1. The van der Waals surface area contributed by atoms with Crippen molar-refractivity contribution in [1.82, 2.24) is 0 Å². The zero-order valence-electron chi connectivity index (χ0n) is 17.3. The van der Waals surface area contributed by atoms with Crippen molar-refractivity contribution in [3.8, 4) is 0 Å². The molecule has 0 aromatic heterocycles. The third-order valence-corrected chi connectivity index (χ3v) is 7.40. The van der Waals surface area contributed by atoms with E-state index in [1.807, 2.05) is 0 Å². The number of hydrogen-bond donors (Lipinski definition) is 1. The van der Waals surface area contributed by atoms with Crippen LogP contribution in [0.25, 0.3) is 0 Å². The lowest BCUT2D eigenvalue weighted by atomic mass is 10.0. The zero-order valence-corrected chi connectivity index (χ0v) is 18.9. The molecule has 0 spiro atoms. The Kier molecular flexibility index (Phi) is 5.97. The molecule has 0 saturated carbocycles. The number of amides is 1. The molecular weight excluding hydrogens is 466 g/mol. The van der Waals surface area contributed by atoms with Gasteiger partial charge in [-0.15, -0.1) is 0 Å². The molecule has 1 aliphatic heterocycles. The topological polar surface area (TPSA) is 101 Å². The summed E-state index contributed by atoms with van der Waals surface area (Å²) in [7, 11) is -3.00. The van der Waals surface area contributed by atoms with Gasteiger partial charge in [-0.2, -0.15) is 0 Å². The summed E-state index contributed by atoms with van der Waals surface area (Å²) in [6.07, 6.45) is 0. The number of carbonyl (C=O) groups excluding carboxylic acids is 2. The third kappa shape index (κ3) is 3.99. The van der Waals surface area contributed by atoms with Crippen LogP contribution in [0.3, 0.4) is 0 Å². The number of esters is 1. The molecule has 3 aromatic carbocycles. The minimum Gasteiger partial charge on any atom is -0.502 e. The highest BCUT2D eigenvalue weighted by Crippen LogP contribution is 2.44. The summed E-state index contributed by atoms with van der Waals surface area (Å²) in [5.41, 5.74) is 0.977. The van der Waals surface area contributed by atoms with Gasteiger partial charge in [0.05, 0.1) is 17.6 Å². The Morgan fingerprint density at radius 1 is 0.970 bits per heavy atom. The molecule has 1 aliphatic rings. The molecule has 33 heavy (non-hydrogen) atoms. The molecule has 0 aliphatic carbocycles. The average Bonchev–Trinajstić information content (AvgIpc) is 3.11. The molecule has 0 bridgehead atoms. The van der Waals surface area contributed by atoms with Crippen LogP contribution in [0.4, 0.5) is 5.69 Å². The van der Waals surface area contributed by atoms with Gasteiger partial charge < -0.3 is 9.84 Å². The first-order chi connectivity index (χ1) is 15.8. The van der Waals surface area contributed by atoms with Crippen molar-refractivity contribution >= 4 is 39.0 Å². The molecule has 0 radical (unpaired) electrons. The summed E-state index contributed by atoms with van der Waals surface area (Å²) < 4.78 is 31.8. The molecule has 7 nitrogen and oxygen atoms in total. The van der Waals surface area contributed by atoms with E-state index in [2.05, 4.69) is 0 Å². The van der Waals surface area contributed by atoms with Gasteiger partial charge in [0.2, 0.25) is 9.84 Å². The monoisotopic (exact) mass is 483 g/mol. The molecule has 1 atom stereocenters. The maximum absolute atomic E-state index is 13.5. The molecule has 1 amide bonds. The maximum Gasteiger partial charge on any atom is 0.337 e. The number of aliphatic hydroxyl groups excluding tert-OH is 1. The van der Waals surface area contributed by atoms with Crippen LogP contribution in [-0.4, -0.2) is 32.5 Å². The van der Waals surface area contributed by atoms with Gasteiger partial charge in [-0.1, -0.05) is 41.9 Å². The molecule has 1 heterocycles. The molecule has 4 rings (SSSR count). The first-order valence-corrected chi connectivity index (χ1v) is 11.6. The summed E-state index contributed by atoms with van der Waals surface area (Å²) in [5, 5.41) is 11.2.